The summed E-state index contributed by atoms with van der Waals surface area (Å²) in [6, 6.07) is 9.77. The highest BCUT2D eigenvalue weighted by molar-refractivity contribution is 5.84. The third-order valence-electron chi connectivity index (χ3n) is 2.45. The summed E-state index contributed by atoms with van der Waals surface area (Å²) in [5, 5.41) is 1.000. The second kappa shape index (κ2) is 12.4. The first kappa shape index (κ1) is 19.7. The summed E-state index contributed by atoms with van der Waals surface area (Å²) in [6.07, 6.45) is 9.11. The van der Waals surface area contributed by atoms with Gasteiger partial charge in [0.25, 0.3) is 0 Å². The number of fused-ring (bicyclic) bond motifs is 1. The maximum absolute atomic E-state index is 5.87. The Bertz CT molecular complexity index is 607. The summed E-state index contributed by atoms with van der Waals surface area (Å²) < 4.78 is 5.87. The number of hydrogen-bond acceptors (Lipinski definition) is 2. The largest absolute Gasteiger partial charge is 0.457 e. The van der Waals surface area contributed by atoms with Gasteiger partial charge in [0.15, 0.2) is 0 Å². The molecule has 0 fully saturated rings. The number of para-hydroxylation sites is 1. The standard InChI is InChI=1S/C16H15NO.2C2H6/c1-3-7-13(8-4-2)18-16-11-12-17-15-10-6-5-9-14(15)16;2*1-2/h3-12H,1H2,2H3;2*1-2H3/b8-4-,13-7+;;. The van der Waals surface area contributed by atoms with Crippen molar-refractivity contribution < 1.29 is 4.74 Å². The molecule has 0 radical (unpaired) electrons. The summed E-state index contributed by atoms with van der Waals surface area (Å²) in [6.45, 7) is 13.6. The highest BCUT2D eigenvalue weighted by Crippen LogP contribution is 2.25. The Balaban J connectivity index is 0.00000102. The van der Waals surface area contributed by atoms with Crippen molar-refractivity contribution >= 4 is 10.9 Å². The number of rotatable bonds is 4. The zero-order chi connectivity index (χ0) is 16.8. The lowest BCUT2D eigenvalue weighted by molar-refractivity contribution is 0.449. The van der Waals surface area contributed by atoms with Gasteiger partial charge in [0, 0.05) is 11.6 Å². The number of benzene rings is 1. The Labute approximate surface area is 134 Å². The molecule has 0 spiro atoms. The molecule has 0 N–H and O–H groups in total. The predicted octanol–water partition coefficient (Wildman–Crippen LogP) is 6.31. The van der Waals surface area contributed by atoms with E-state index in [2.05, 4.69) is 11.6 Å². The Morgan fingerprint density at radius 2 is 1.77 bits per heavy atom. The van der Waals surface area contributed by atoms with Crippen LogP contribution in [0.15, 0.2) is 73.2 Å². The first-order chi connectivity index (χ1) is 10.8. The van der Waals surface area contributed by atoms with Crippen LogP contribution in [-0.4, -0.2) is 4.98 Å². The monoisotopic (exact) mass is 297 g/mol. The summed E-state index contributed by atoms with van der Waals surface area (Å²) in [5.41, 5.74) is 0.924. The molecule has 0 atom stereocenters. The van der Waals surface area contributed by atoms with Crippen LogP contribution in [0.2, 0.25) is 0 Å². The van der Waals surface area contributed by atoms with Crippen molar-refractivity contribution in [2.45, 2.75) is 34.6 Å². The average molecular weight is 297 g/mol. The number of nitrogens with zero attached hydrogens (tertiary/aromatic N) is 1. The molecule has 2 heteroatoms. The summed E-state index contributed by atoms with van der Waals surface area (Å²) >= 11 is 0. The lowest BCUT2D eigenvalue weighted by Crippen LogP contribution is -1.93. The third-order valence-corrected chi connectivity index (χ3v) is 2.45. The van der Waals surface area contributed by atoms with Gasteiger partial charge < -0.3 is 4.74 Å². The predicted molar refractivity (Wildman–Crippen MR) is 98.2 cm³/mol. The number of hydrogen-bond donors (Lipinski definition) is 0. The van der Waals surface area contributed by atoms with Gasteiger partial charge >= 0.3 is 0 Å². The van der Waals surface area contributed by atoms with E-state index in [-0.39, 0.29) is 0 Å². The number of pyridine rings is 1. The van der Waals surface area contributed by atoms with Crippen molar-refractivity contribution in [2.75, 3.05) is 0 Å². The average Bonchev–Trinajstić information content (AvgIpc) is 2.59. The summed E-state index contributed by atoms with van der Waals surface area (Å²) in [7, 11) is 0. The molecule has 1 heterocycles. The van der Waals surface area contributed by atoms with Crippen molar-refractivity contribution in [1.82, 2.24) is 4.98 Å². The quantitative estimate of drug-likeness (QED) is 0.487. The third kappa shape index (κ3) is 5.96. The van der Waals surface area contributed by atoms with Crippen molar-refractivity contribution in [3.63, 3.8) is 0 Å². The summed E-state index contributed by atoms with van der Waals surface area (Å²) in [5.74, 6) is 1.55. The molecule has 2 aromatic rings. The van der Waals surface area contributed by atoms with Gasteiger partial charge in [0.1, 0.15) is 11.5 Å². The van der Waals surface area contributed by atoms with Crippen LogP contribution in [0.5, 0.6) is 5.75 Å². The van der Waals surface area contributed by atoms with Gasteiger partial charge in [-0.25, -0.2) is 0 Å². The van der Waals surface area contributed by atoms with Crippen LogP contribution in [-0.2, 0) is 0 Å². The minimum atomic E-state index is 0.754. The molecule has 0 amide bonds. The highest BCUT2D eigenvalue weighted by atomic mass is 16.5. The molecule has 2 rings (SSSR count). The molecule has 0 aliphatic rings. The number of aromatic nitrogens is 1. The molecular formula is C20H27NO. The van der Waals surface area contributed by atoms with E-state index >= 15 is 0 Å². The van der Waals surface area contributed by atoms with Crippen LogP contribution in [0.1, 0.15) is 34.6 Å². The van der Waals surface area contributed by atoms with Crippen molar-refractivity contribution in [3.05, 3.63) is 73.2 Å². The van der Waals surface area contributed by atoms with Crippen LogP contribution >= 0.6 is 0 Å². The Kier molecular flexibility index (Phi) is 11.1. The first-order valence-electron chi connectivity index (χ1n) is 7.82. The lowest BCUT2D eigenvalue weighted by Gasteiger charge is -2.08. The Morgan fingerprint density at radius 1 is 1.09 bits per heavy atom. The molecule has 22 heavy (non-hydrogen) atoms. The normalized spacial score (nSPS) is 10.3. The van der Waals surface area contributed by atoms with Gasteiger partial charge in [-0.1, -0.05) is 58.6 Å². The lowest BCUT2D eigenvalue weighted by atomic mass is 10.2. The van der Waals surface area contributed by atoms with Gasteiger partial charge in [-0.05, 0) is 37.3 Å². The van der Waals surface area contributed by atoms with Crippen molar-refractivity contribution in [3.8, 4) is 5.75 Å². The molecule has 0 saturated heterocycles. The molecule has 2 nitrogen and oxygen atoms in total. The van der Waals surface area contributed by atoms with Gasteiger partial charge in [-0.2, -0.15) is 0 Å². The minimum absolute atomic E-state index is 0.754. The van der Waals surface area contributed by atoms with Crippen molar-refractivity contribution in [2.24, 2.45) is 0 Å². The second-order valence-electron chi connectivity index (χ2n) is 3.73. The van der Waals surface area contributed by atoms with E-state index in [9.17, 15) is 0 Å². The smallest absolute Gasteiger partial charge is 0.138 e. The van der Waals surface area contributed by atoms with E-state index in [0.717, 1.165) is 22.4 Å². The Hall–Kier alpha value is -2.35. The molecule has 1 aromatic carbocycles. The van der Waals surface area contributed by atoms with Crippen LogP contribution in [0.25, 0.3) is 10.9 Å². The van der Waals surface area contributed by atoms with Crippen LogP contribution < -0.4 is 4.74 Å². The topological polar surface area (TPSA) is 22.1 Å². The molecule has 0 aliphatic heterocycles. The van der Waals surface area contributed by atoms with Gasteiger partial charge in [0.05, 0.1) is 5.52 Å². The zero-order valence-electron chi connectivity index (χ0n) is 14.3. The van der Waals surface area contributed by atoms with E-state index in [1.165, 1.54) is 0 Å². The molecule has 1 aromatic heterocycles. The maximum Gasteiger partial charge on any atom is 0.138 e. The maximum atomic E-state index is 5.87. The fourth-order valence-corrected chi connectivity index (χ4v) is 1.69. The van der Waals surface area contributed by atoms with E-state index in [0.29, 0.717) is 0 Å². The molecule has 0 unspecified atom stereocenters. The SMILES string of the molecule is C=C/C=C(\C=C/C)Oc1ccnc2ccccc12.CC.CC. The van der Waals surface area contributed by atoms with Gasteiger partial charge in [0.2, 0.25) is 0 Å². The molecule has 118 valence electrons. The Morgan fingerprint density at radius 3 is 2.41 bits per heavy atom. The van der Waals surface area contributed by atoms with E-state index in [1.54, 1.807) is 12.3 Å². The van der Waals surface area contributed by atoms with Gasteiger partial charge in [-0.3, -0.25) is 4.98 Å². The molecule has 0 bridgehead atoms. The fourth-order valence-electron chi connectivity index (χ4n) is 1.69. The van der Waals surface area contributed by atoms with Crippen LogP contribution in [0.4, 0.5) is 0 Å². The van der Waals surface area contributed by atoms with E-state index in [1.807, 2.05) is 83.2 Å². The van der Waals surface area contributed by atoms with Crippen LogP contribution in [0.3, 0.4) is 0 Å². The second-order valence-corrected chi connectivity index (χ2v) is 3.73. The highest BCUT2D eigenvalue weighted by Gasteiger charge is 2.03. The summed E-state index contributed by atoms with van der Waals surface area (Å²) in [4.78, 5) is 4.30. The zero-order valence-corrected chi connectivity index (χ0v) is 14.3. The minimum Gasteiger partial charge on any atom is -0.457 e. The van der Waals surface area contributed by atoms with E-state index < -0.39 is 0 Å². The first-order valence-corrected chi connectivity index (χ1v) is 7.82. The molecule has 0 aliphatic carbocycles. The number of ether oxygens (including phenoxy) is 1. The van der Waals surface area contributed by atoms with Crippen LogP contribution in [0, 0.1) is 0 Å². The van der Waals surface area contributed by atoms with Crippen molar-refractivity contribution in [1.29, 1.82) is 0 Å². The number of allylic oxidation sites excluding steroid dienone is 4. The molecule has 0 saturated carbocycles. The fraction of sp³-hybridized carbons (Fsp3) is 0.250. The van der Waals surface area contributed by atoms with Gasteiger partial charge in [-0.15, -0.1) is 0 Å². The molecular weight excluding hydrogens is 270 g/mol. The van der Waals surface area contributed by atoms with E-state index in [4.69, 9.17) is 4.74 Å².